The Bertz CT molecular complexity index is 245. The van der Waals surface area contributed by atoms with Gasteiger partial charge in [-0.3, -0.25) is 4.90 Å². The monoisotopic (exact) mass is 272 g/mol. The highest BCUT2D eigenvalue weighted by molar-refractivity contribution is 7.99. The van der Waals surface area contributed by atoms with Gasteiger partial charge in [-0.05, 0) is 38.5 Å². The van der Waals surface area contributed by atoms with Crippen molar-refractivity contribution in [3.63, 3.8) is 0 Å². The zero-order chi connectivity index (χ0) is 13.8. The fraction of sp³-hybridized carbons (Fsp3) is 1.00. The Balaban J connectivity index is 2.60. The van der Waals surface area contributed by atoms with Gasteiger partial charge in [0, 0.05) is 29.9 Å². The van der Waals surface area contributed by atoms with Crippen LogP contribution < -0.4 is 5.32 Å². The number of rotatable bonds is 6. The van der Waals surface area contributed by atoms with Crippen molar-refractivity contribution >= 4 is 11.8 Å². The Morgan fingerprint density at radius 1 is 1.39 bits per heavy atom. The first-order valence-corrected chi connectivity index (χ1v) is 8.72. The predicted octanol–water partition coefficient (Wildman–Crippen LogP) is 3.23. The molecular weight excluding hydrogens is 240 g/mol. The molecule has 1 aliphatic heterocycles. The minimum absolute atomic E-state index is 0.313. The minimum Gasteiger partial charge on any atom is -0.309 e. The first kappa shape index (κ1) is 16.3. The maximum Gasteiger partial charge on any atom is 0.0278 e. The molecule has 1 heterocycles. The molecule has 0 spiro atoms. The number of thioether (sulfide) groups is 1. The molecule has 1 fully saturated rings. The van der Waals surface area contributed by atoms with Crippen molar-refractivity contribution in [2.45, 2.75) is 64.3 Å². The molecule has 0 bridgehead atoms. The molecule has 1 rings (SSSR count). The van der Waals surface area contributed by atoms with Crippen molar-refractivity contribution in [3.8, 4) is 0 Å². The largest absolute Gasteiger partial charge is 0.309 e. The van der Waals surface area contributed by atoms with Gasteiger partial charge < -0.3 is 5.32 Å². The molecule has 0 aromatic carbocycles. The molecule has 0 radical (unpaired) electrons. The lowest BCUT2D eigenvalue weighted by atomic mass is 9.90. The van der Waals surface area contributed by atoms with Crippen molar-refractivity contribution < 1.29 is 0 Å². The molecule has 3 unspecified atom stereocenters. The molecule has 0 amide bonds. The molecule has 0 aromatic rings. The quantitative estimate of drug-likeness (QED) is 0.799. The Morgan fingerprint density at radius 2 is 2.06 bits per heavy atom. The van der Waals surface area contributed by atoms with Gasteiger partial charge in [0.05, 0.1) is 0 Å². The maximum absolute atomic E-state index is 3.76. The Kier molecular flexibility index (Phi) is 6.49. The summed E-state index contributed by atoms with van der Waals surface area (Å²) in [4.78, 5) is 2.73. The summed E-state index contributed by atoms with van der Waals surface area (Å²) in [6.07, 6.45) is 4.75. The second kappa shape index (κ2) is 7.16. The van der Waals surface area contributed by atoms with Crippen molar-refractivity contribution in [1.29, 1.82) is 0 Å². The average molecular weight is 273 g/mol. The lowest BCUT2D eigenvalue weighted by Gasteiger charge is -2.47. The lowest BCUT2D eigenvalue weighted by Crippen LogP contribution is -2.64. The first-order chi connectivity index (χ1) is 8.41. The molecule has 1 N–H and O–H groups in total. The van der Waals surface area contributed by atoms with E-state index in [1.807, 2.05) is 11.8 Å². The van der Waals surface area contributed by atoms with Crippen molar-refractivity contribution in [2.75, 3.05) is 25.9 Å². The Labute approximate surface area is 118 Å². The number of nitrogens with one attached hydrogen (secondary N) is 1. The van der Waals surface area contributed by atoms with Gasteiger partial charge in [-0.15, -0.1) is 0 Å². The predicted molar refractivity (Wildman–Crippen MR) is 84.5 cm³/mol. The van der Waals surface area contributed by atoms with Crippen molar-refractivity contribution in [3.05, 3.63) is 0 Å². The van der Waals surface area contributed by atoms with E-state index in [1.54, 1.807) is 0 Å². The second-order valence-electron chi connectivity index (χ2n) is 6.41. The molecule has 0 aromatic heterocycles. The van der Waals surface area contributed by atoms with E-state index in [4.69, 9.17) is 0 Å². The van der Waals surface area contributed by atoms with Gasteiger partial charge in [-0.1, -0.05) is 27.7 Å². The zero-order valence-corrected chi connectivity index (χ0v) is 13.9. The van der Waals surface area contributed by atoms with E-state index in [1.165, 1.54) is 25.9 Å². The third-order valence-electron chi connectivity index (χ3n) is 4.53. The lowest BCUT2D eigenvalue weighted by molar-refractivity contribution is 0.0596. The Morgan fingerprint density at radius 3 is 2.56 bits per heavy atom. The van der Waals surface area contributed by atoms with Crippen LogP contribution in [0.4, 0.5) is 0 Å². The van der Waals surface area contributed by atoms with Crippen molar-refractivity contribution in [1.82, 2.24) is 10.2 Å². The number of hydrogen-bond acceptors (Lipinski definition) is 3. The topological polar surface area (TPSA) is 15.3 Å². The molecule has 108 valence electrons. The fourth-order valence-corrected chi connectivity index (χ4v) is 3.05. The van der Waals surface area contributed by atoms with E-state index in [9.17, 15) is 0 Å². The molecule has 3 heteroatoms. The molecule has 1 saturated heterocycles. The van der Waals surface area contributed by atoms with E-state index in [2.05, 4.69) is 51.1 Å². The van der Waals surface area contributed by atoms with E-state index >= 15 is 0 Å². The van der Waals surface area contributed by atoms with Crippen LogP contribution in [0.5, 0.6) is 0 Å². The summed E-state index contributed by atoms with van der Waals surface area (Å²) >= 11 is 1.99. The molecular formula is C15H32N2S. The number of piperazine rings is 1. The van der Waals surface area contributed by atoms with Crippen LogP contribution in [0.25, 0.3) is 0 Å². The van der Waals surface area contributed by atoms with E-state index in [0.29, 0.717) is 11.6 Å². The number of nitrogens with zero attached hydrogens (tertiary/aromatic N) is 1. The van der Waals surface area contributed by atoms with Crippen LogP contribution in [0.1, 0.15) is 47.5 Å². The van der Waals surface area contributed by atoms with Crippen LogP contribution in [0.15, 0.2) is 0 Å². The summed E-state index contributed by atoms with van der Waals surface area (Å²) in [6.45, 7) is 15.3. The van der Waals surface area contributed by atoms with Gasteiger partial charge in [0.2, 0.25) is 0 Å². The normalized spacial score (nSPS) is 31.8. The third kappa shape index (κ3) is 4.43. The zero-order valence-electron chi connectivity index (χ0n) is 13.1. The van der Waals surface area contributed by atoms with Crippen LogP contribution in [0.3, 0.4) is 0 Å². The fourth-order valence-electron chi connectivity index (χ4n) is 2.71. The molecule has 1 aliphatic rings. The van der Waals surface area contributed by atoms with E-state index in [-0.39, 0.29) is 0 Å². The van der Waals surface area contributed by atoms with Gasteiger partial charge >= 0.3 is 0 Å². The van der Waals surface area contributed by atoms with Crippen LogP contribution in [0, 0.1) is 5.92 Å². The highest BCUT2D eigenvalue weighted by Gasteiger charge is 2.35. The van der Waals surface area contributed by atoms with Crippen LogP contribution >= 0.6 is 11.8 Å². The van der Waals surface area contributed by atoms with Crippen molar-refractivity contribution in [2.24, 2.45) is 5.92 Å². The van der Waals surface area contributed by atoms with Crippen LogP contribution in [-0.4, -0.2) is 47.6 Å². The van der Waals surface area contributed by atoms with Crippen LogP contribution in [0.2, 0.25) is 0 Å². The first-order valence-electron chi connectivity index (χ1n) is 7.43. The van der Waals surface area contributed by atoms with E-state index < -0.39 is 0 Å². The van der Waals surface area contributed by atoms with Gasteiger partial charge in [-0.25, -0.2) is 0 Å². The average Bonchev–Trinajstić information content (AvgIpc) is 2.35. The molecule has 0 saturated carbocycles. The molecule has 18 heavy (non-hydrogen) atoms. The third-order valence-corrected chi connectivity index (χ3v) is 5.57. The summed E-state index contributed by atoms with van der Waals surface area (Å²) in [7, 11) is 0. The SMILES string of the molecule is CCC1(C)CN(CCC(C)SC)C(C(C)C)CN1. The molecule has 3 atom stereocenters. The molecule has 2 nitrogen and oxygen atoms in total. The summed E-state index contributed by atoms with van der Waals surface area (Å²) in [6, 6.07) is 0.707. The van der Waals surface area contributed by atoms with Crippen LogP contribution in [-0.2, 0) is 0 Å². The summed E-state index contributed by atoms with van der Waals surface area (Å²) in [5.74, 6) is 0.739. The maximum atomic E-state index is 3.76. The smallest absolute Gasteiger partial charge is 0.0278 e. The van der Waals surface area contributed by atoms with E-state index in [0.717, 1.165) is 17.7 Å². The van der Waals surface area contributed by atoms with Gasteiger partial charge in [0.25, 0.3) is 0 Å². The minimum atomic E-state index is 0.313. The molecule has 0 aliphatic carbocycles. The summed E-state index contributed by atoms with van der Waals surface area (Å²) < 4.78 is 0. The standard InChI is InChI=1S/C15H32N2S/c1-7-15(5)11-17(9-8-13(4)18-6)14(10-16-15)12(2)3/h12-14,16H,7-11H2,1-6H3. The van der Waals surface area contributed by atoms with Gasteiger partial charge in [-0.2, -0.15) is 11.8 Å². The second-order valence-corrected chi connectivity index (χ2v) is 7.69. The number of hydrogen-bond donors (Lipinski definition) is 1. The van der Waals surface area contributed by atoms with Gasteiger partial charge in [0.15, 0.2) is 0 Å². The highest BCUT2D eigenvalue weighted by atomic mass is 32.2. The Hall–Kier alpha value is 0.270. The summed E-state index contributed by atoms with van der Waals surface area (Å²) in [5.41, 5.74) is 0.313. The van der Waals surface area contributed by atoms with Gasteiger partial charge in [0.1, 0.15) is 0 Å². The highest BCUT2D eigenvalue weighted by Crippen LogP contribution is 2.24. The summed E-state index contributed by atoms with van der Waals surface area (Å²) in [5, 5.41) is 4.54.